The van der Waals surface area contributed by atoms with Crippen molar-refractivity contribution >= 4 is 45.8 Å². The van der Waals surface area contributed by atoms with Gasteiger partial charge in [-0.2, -0.15) is 13.2 Å². The Morgan fingerprint density at radius 2 is 1.76 bits per heavy atom. The molecule has 220 valence electrons. The molecule has 3 aromatic rings. The lowest BCUT2D eigenvalue weighted by molar-refractivity contribution is -0.192. The van der Waals surface area contributed by atoms with Crippen LogP contribution in [0.2, 0.25) is 5.02 Å². The maximum Gasteiger partial charge on any atom is 0.490 e. The van der Waals surface area contributed by atoms with E-state index < -0.39 is 47.3 Å². The van der Waals surface area contributed by atoms with Gasteiger partial charge in [-0.3, -0.25) is 4.79 Å². The lowest BCUT2D eigenvalue weighted by atomic mass is 9.74. The number of halogens is 6. The summed E-state index contributed by atoms with van der Waals surface area (Å²) < 4.78 is 62.7. The molecule has 16 heteroatoms. The summed E-state index contributed by atoms with van der Waals surface area (Å²) in [5.74, 6) is -5.76. The van der Waals surface area contributed by atoms with E-state index in [9.17, 15) is 37.4 Å². The zero-order valence-electron chi connectivity index (χ0n) is 21.1. The second kappa shape index (κ2) is 10.5. The molecule has 6 N–H and O–H groups in total. The first kappa shape index (κ1) is 30.0. The number of carboxylic acids is 2. The average molecular weight is 605 g/mol. The summed E-state index contributed by atoms with van der Waals surface area (Å²) in [4.78, 5) is 35.6. The van der Waals surface area contributed by atoms with Gasteiger partial charge in [-0.05, 0) is 19.1 Å². The molecule has 3 heterocycles. The first-order valence-corrected chi connectivity index (χ1v) is 12.2. The first-order chi connectivity index (χ1) is 19.0. The molecule has 5 rings (SSSR count). The molecule has 0 bridgehead atoms. The van der Waals surface area contributed by atoms with E-state index in [0.29, 0.717) is 13.1 Å². The van der Waals surface area contributed by atoms with Crippen LogP contribution in [0, 0.1) is 24.0 Å². The lowest BCUT2D eigenvalue weighted by Gasteiger charge is -2.57. The Bertz CT molecular complexity index is 1650. The van der Waals surface area contributed by atoms with Gasteiger partial charge in [0.2, 0.25) is 5.43 Å². The predicted octanol–water partition coefficient (Wildman–Crippen LogP) is 3.05. The Morgan fingerprint density at radius 3 is 2.22 bits per heavy atom. The normalized spacial score (nSPS) is 15.7. The third-order valence-corrected chi connectivity index (χ3v) is 7.36. The van der Waals surface area contributed by atoms with Gasteiger partial charge in [-0.15, -0.1) is 0 Å². The highest BCUT2D eigenvalue weighted by molar-refractivity contribution is 6.38. The van der Waals surface area contributed by atoms with Gasteiger partial charge in [-0.1, -0.05) is 11.6 Å². The van der Waals surface area contributed by atoms with Crippen molar-refractivity contribution in [3.8, 4) is 5.69 Å². The summed E-state index contributed by atoms with van der Waals surface area (Å²) in [5.41, 5.74) is 4.34. The number of pyridine rings is 1. The molecule has 1 spiro atoms. The Labute approximate surface area is 232 Å². The number of carbonyl (C=O) groups is 2. The zero-order chi connectivity index (χ0) is 30.6. The van der Waals surface area contributed by atoms with Gasteiger partial charge in [-0.25, -0.2) is 18.4 Å². The van der Waals surface area contributed by atoms with Crippen LogP contribution in [-0.4, -0.2) is 64.2 Å². The number of benzene rings is 2. The minimum atomic E-state index is -5.08. The summed E-state index contributed by atoms with van der Waals surface area (Å²) in [5, 5.41) is 29.5. The minimum absolute atomic E-state index is 0.0513. The van der Waals surface area contributed by atoms with Crippen LogP contribution in [0.1, 0.15) is 21.5 Å². The van der Waals surface area contributed by atoms with Crippen LogP contribution in [0.15, 0.2) is 23.1 Å². The average Bonchev–Trinajstić information content (AvgIpc) is 2.83. The van der Waals surface area contributed by atoms with Gasteiger partial charge in [0.05, 0.1) is 39.6 Å². The number of anilines is 2. The highest BCUT2D eigenvalue weighted by Gasteiger charge is 2.49. The lowest BCUT2D eigenvalue weighted by Crippen LogP contribution is -2.71. The Morgan fingerprint density at radius 1 is 1.17 bits per heavy atom. The van der Waals surface area contributed by atoms with E-state index in [4.69, 9.17) is 27.2 Å². The Hall–Kier alpha value is -3.95. The van der Waals surface area contributed by atoms with Crippen LogP contribution in [0.4, 0.5) is 33.3 Å². The number of aryl methyl sites for hydroxylation is 1. The summed E-state index contributed by atoms with van der Waals surface area (Å²) in [6.07, 6.45) is -4.04. The van der Waals surface area contributed by atoms with Crippen molar-refractivity contribution in [3.63, 3.8) is 0 Å². The van der Waals surface area contributed by atoms with Gasteiger partial charge < -0.3 is 35.8 Å². The van der Waals surface area contributed by atoms with Crippen molar-refractivity contribution in [3.05, 3.63) is 61.9 Å². The van der Waals surface area contributed by atoms with E-state index in [-0.39, 0.29) is 49.5 Å². The third kappa shape index (κ3) is 5.15. The molecule has 0 saturated carbocycles. The number of nitrogen functional groups attached to an aromatic ring is 1. The van der Waals surface area contributed by atoms with Crippen molar-refractivity contribution in [1.29, 1.82) is 0 Å². The maximum absolute atomic E-state index is 15.6. The molecule has 0 atom stereocenters. The monoisotopic (exact) mass is 604 g/mol. The van der Waals surface area contributed by atoms with E-state index >= 15 is 4.39 Å². The standard InChI is InChI=1S/C23H21ClF2N4O4.C2HF3O2/c1-10-16-19(17(24)20(18(10)26)29-8-23(9-29)6-28-7-23)30(4-12(21(16)32)22(33)34)15-3-14(27)13(25)2-11(15)5-31;3-2(4,5)1(6)7/h2-4,28,31H,5-9,27H2,1H3,(H,33,34);(H,6,7). The number of nitrogens with zero attached hydrogens (tertiary/aromatic N) is 2. The second-order valence-electron chi connectivity index (χ2n) is 9.80. The van der Waals surface area contributed by atoms with Crippen LogP contribution < -0.4 is 21.4 Å². The van der Waals surface area contributed by atoms with Crippen molar-refractivity contribution in [2.45, 2.75) is 19.7 Å². The molecule has 2 fully saturated rings. The van der Waals surface area contributed by atoms with E-state index in [1.807, 2.05) is 0 Å². The summed E-state index contributed by atoms with van der Waals surface area (Å²) in [7, 11) is 0. The highest BCUT2D eigenvalue weighted by Crippen LogP contribution is 2.45. The molecule has 2 aromatic carbocycles. The van der Waals surface area contributed by atoms with Crippen molar-refractivity contribution in [2.75, 3.05) is 36.8 Å². The van der Waals surface area contributed by atoms with E-state index in [1.165, 1.54) is 17.6 Å². The number of hydrogen-bond donors (Lipinski definition) is 5. The number of aromatic carboxylic acids is 1. The largest absolute Gasteiger partial charge is 0.490 e. The maximum atomic E-state index is 15.6. The fourth-order valence-electron chi connectivity index (χ4n) is 4.89. The molecule has 0 unspecified atom stereocenters. The topological polar surface area (TPSA) is 158 Å². The number of nitrogens with two attached hydrogens (primary N) is 1. The Balaban J connectivity index is 0.000000493. The number of aromatic nitrogens is 1. The molecule has 2 aliphatic rings. The molecule has 0 amide bonds. The van der Waals surface area contributed by atoms with Gasteiger partial charge in [0.25, 0.3) is 0 Å². The number of hydrogen-bond acceptors (Lipinski definition) is 7. The highest BCUT2D eigenvalue weighted by atomic mass is 35.5. The molecule has 0 aliphatic carbocycles. The van der Waals surface area contributed by atoms with Crippen LogP contribution in [0.25, 0.3) is 16.6 Å². The number of alkyl halides is 3. The quantitative estimate of drug-likeness (QED) is 0.223. The fraction of sp³-hybridized carbons (Fsp3) is 0.320. The van der Waals surface area contributed by atoms with E-state index in [0.717, 1.165) is 25.4 Å². The second-order valence-corrected chi connectivity index (χ2v) is 10.2. The van der Waals surface area contributed by atoms with Crippen LogP contribution in [-0.2, 0) is 11.4 Å². The van der Waals surface area contributed by atoms with Gasteiger partial charge in [0, 0.05) is 48.9 Å². The van der Waals surface area contributed by atoms with Gasteiger partial charge >= 0.3 is 18.1 Å². The molecular weight excluding hydrogens is 583 g/mol. The minimum Gasteiger partial charge on any atom is -0.477 e. The smallest absolute Gasteiger partial charge is 0.477 e. The van der Waals surface area contributed by atoms with Crippen molar-refractivity contribution < 1.29 is 46.9 Å². The van der Waals surface area contributed by atoms with Crippen LogP contribution in [0.3, 0.4) is 0 Å². The number of nitrogens with one attached hydrogen (secondary N) is 1. The Kier molecular flexibility index (Phi) is 7.66. The van der Waals surface area contributed by atoms with Crippen molar-refractivity contribution in [1.82, 2.24) is 9.88 Å². The van der Waals surface area contributed by atoms with Crippen molar-refractivity contribution in [2.24, 2.45) is 5.41 Å². The molecule has 1 aromatic heterocycles. The van der Waals surface area contributed by atoms with Gasteiger partial charge in [0.1, 0.15) is 11.4 Å². The summed E-state index contributed by atoms with van der Waals surface area (Å²) in [6.45, 7) is 3.57. The number of aliphatic hydroxyl groups excluding tert-OH is 1. The molecule has 10 nitrogen and oxygen atoms in total. The number of fused-ring (bicyclic) bond motifs is 1. The van der Waals surface area contributed by atoms with Crippen LogP contribution in [0.5, 0.6) is 0 Å². The molecule has 2 saturated heterocycles. The molecular formula is C25H22ClF5N4O6. The zero-order valence-corrected chi connectivity index (χ0v) is 21.8. The number of rotatable bonds is 4. The fourth-order valence-corrected chi connectivity index (χ4v) is 5.28. The third-order valence-electron chi connectivity index (χ3n) is 7.01. The van der Waals surface area contributed by atoms with E-state index in [1.54, 1.807) is 4.90 Å². The summed E-state index contributed by atoms with van der Waals surface area (Å²) in [6, 6.07) is 2.23. The molecule has 0 radical (unpaired) electrons. The van der Waals surface area contributed by atoms with Crippen LogP contribution >= 0.6 is 11.6 Å². The SMILES string of the molecule is Cc1c(F)c(N2CC3(CNC3)C2)c(Cl)c2c1c(=O)c(C(=O)O)cn2-c1cc(N)c(F)cc1CO.O=C(O)C(F)(F)F. The molecule has 41 heavy (non-hydrogen) atoms. The number of carboxylic acid groups (broad SMARTS) is 2. The number of aliphatic hydroxyl groups is 1. The number of aliphatic carboxylic acids is 1. The van der Waals surface area contributed by atoms with E-state index in [2.05, 4.69) is 5.32 Å². The first-order valence-electron chi connectivity index (χ1n) is 11.8. The van der Waals surface area contributed by atoms with Gasteiger partial charge in [0.15, 0.2) is 5.82 Å². The molecule has 2 aliphatic heterocycles. The summed E-state index contributed by atoms with van der Waals surface area (Å²) >= 11 is 6.73. The predicted molar refractivity (Wildman–Crippen MR) is 138 cm³/mol.